The van der Waals surface area contributed by atoms with E-state index in [-0.39, 0.29) is 29.0 Å². The predicted octanol–water partition coefficient (Wildman–Crippen LogP) is 2.49. The molecule has 0 aromatic carbocycles. The fourth-order valence-corrected chi connectivity index (χ4v) is 2.72. The summed E-state index contributed by atoms with van der Waals surface area (Å²) in [6.45, 7) is 12.3. The van der Waals surface area contributed by atoms with Crippen molar-refractivity contribution < 1.29 is 4.79 Å². The van der Waals surface area contributed by atoms with E-state index in [1.165, 1.54) is 4.57 Å². The second-order valence-electron chi connectivity index (χ2n) is 7.29. The van der Waals surface area contributed by atoms with Crippen molar-refractivity contribution in [1.29, 1.82) is 0 Å². The first-order valence-corrected chi connectivity index (χ1v) is 6.97. The van der Waals surface area contributed by atoms with E-state index in [0.717, 1.165) is 6.42 Å². The van der Waals surface area contributed by atoms with Gasteiger partial charge in [0.2, 0.25) is 5.91 Å². The molecule has 1 N–H and O–H groups in total. The van der Waals surface area contributed by atoms with Crippen LogP contribution < -0.4 is 10.9 Å². The Hall–Kier alpha value is -1.58. The van der Waals surface area contributed by atoms with Gasteiger partial charge in [0.25, 0.3) is 5.56 Å². The van der Waals surface area contributed by atoms with E-state index in [1.807, 2.05) is 13.8 Å². The van der Waals surface area contributed by atoms with Crippen LogP contribution in [0.2, 0.25) is 0 Å². The number of aryl methyl sites for hydroxylation is 1. The zero-order valence-corrected chi connectivity index (χ0v) is 13.4. The van der Waals surface area contributed by atoms with Gasteiger partial charge in [-0.2, -0.15) is 0 Å². The van der Waals surface area contributed by atoms with Gasteiger partial charge in [-0.05, 0) is 38.7 Å². The average molecular weight is 278 g/mol. The van der Waals surface area contributed by atoms with Crippen LogP contribution in [0.25, 0.3) is 0 Å². The lowest BCUT2D eigenvalue weighted by Crippen LogP contribution is -2.47. The molecule has 0 aliphatic heterocycles. The second kappa shape index (κ2) is 5.81. The number of amides is 1. The van der Waals surface area contributed by atoms with Gasteiger partial charge < -0.3 is 9.88 Å². The highest BCUT2D eigenvalue weighted by Crippen LogP contribution is 2.26. The summed E-state index contributed by atoms with van der Waals surface area (Å²) in [7, 11) is 0. The lowest BCUT2D eigenvalue weighted by Gasteiger charge is -2.33. The van der Waals surface area contributed by atoms with Crippen LogP contribution in [0, 0.1) is 12.3 Å². The van der Waals surface area contributed by atoms with E-state index < -0.39 is 0 Å². The van der Waals surface area contributed by atoms with Gasteiger partial charge in [-0.15, -0.1) is 0 Å². The summed E-state index contributed by atoms with van der Waals surface area (Å²) in [6, 6.07) is 3.53. The Kier molecular flexibility index (Phi) is 4.79. The summed E-state index contributed by atoms with van der Waals surface area (Å²) in [5, 5.41) is 3.01. The van der Waals surface area contributed by atoms with Crippen molar-refractivity contribution in [2.24, 2.45) is 5.41 Å². The minimum atomic E-state index is -0.289. The molecular formula is C16H26N2O2. The molecule has 0 fully saturated rings. The fourth-order valence-electron chi connectivity index (χ4n) is 2.72. The Balaban J connectivity index is 2.73. The number of carbonyl (C=O) groups is 1. The largest absolute Gasteiger partial charge is 0.350 e. The Morgan fingerprint density at radius 3 is 2.40 bits per heavy atom. The third-order valence-corrected chi connectivity index (χ3v) is 2.97. The minimum absolute atomic E-state index is 0.0636. The van der Waals surface area contributed by atoms with Gasteiger partial charge in [0.1, 0.15) is 6.54 Å². The third kappa shape index (κ3) is 5.19. The number of hydrogen-bond donors (Lipinski definition) is 1. The van der Waals surface area contributed by atoms with Gasteiger partial charge in [-0.3, -0.25) is 9.59 Å². The molecule has 0 atom stereocenters. The monoisotopic (exact) mass is 278 g/mol. The fraction of sp³-hybridized carbons (Fsp3) is 0.625. The van der Waals surface area contributed by atoms with Crippen molar-refractivity contribution >= 4 is 5.91 Å². The van der Waals surface area contributed by atoms with Gasteiger partial charge in [-0.1, -0.05) is 26.8 Å². The van der Waals surface area contributed by atoms with E-state index >= 15 is 0 Å². The molecular weight excluding hydrogens is 252 g/mol. The van der Waals surface area contributed by atoms with Gasteiger partial charge in [0, 0.05) is 17.3 Å². The summed E-state index contributed by atoms with van der Waals surface area (Å²) >= 11 is 0. The first kappa shape index (κ1) is 16.5. The van der Waals surface area contributed by atoms with Crippen LogP contribution in [0.3, 0.4) is 0 Å². The highest BCUT2D eigenvalue weighted by molar-refractivity contribution is 5.76. The minimum Gasteiger partial charge on any atom is -0.350 e. The lowest BCUT2D eigenvalue weighted by atomic mass is 9.82. The molecule has 1 aromatic rings. The molecule has 0 saturated carbocycles. The Morgan fingerprint density at radius 2 is 1.85 bits per heavy atom. The molecule has 0 unspecified atom stereocenters. The summed E-state index contributed by atoms with van der Waals surface area (Å²) in [5.74, 6) is -0.132. The molecule has 1 heterocycles. The van der Waals surface area contributed by atoms with Crippen molar-refractivity contribution in [1.82, 2.24) is 9.88 Å². The zero-order valence-electron chi connectivity index (χ0n) is 13.4. The number of aromatic nitrogens is 1. The Labute approximate surface area is 121 Å². The topological polar surface area (TPSA) is 51.1 Å². The van der Waals surface area contributed by atoms with Crippen molar-refractivity contribution in [3.05, 3.63) is 34.2 Å². The third-order valence-electron chi connectivity index (χ3n) is 2.97. The molecule has 112 valence electrons. The summed E-state index contributed by atoms with van der Waals surface area (Å²) < 4.78 is 1.44. The predicted molar refractivity (Wildman–Crippen MR) is 81.7 cm³/mol. The second-order valence-corrected chi connectivity index (χ2v) is 7.29. The van der Waals surface area contributed by atoms with Gasteiger partial charge in [0.05, 0.1) is 0 Å². The van der Waals surface area contributed by atoms with E-state index in [2.05, 4.69) is 26.1 Å². The van der Waals surface area contributed by atoms with E-state index in [1.54, 1.807) is 25.3 Å². The quantitative estimate of drug-likeness (QED) is 0.920. The molecule has 1 amide bonds. The van der Waals surface area contributed by atoms with Crippen molar-refractivity contribution in [3.8, 4) is 0 Å². The zero-order chi connectivity index (χ0) is 15.6. The maximum Gasteiger partial charge on any atom is 0.253 e. The molecule has 20 heavy (non-hydrogen) atoms. The maximum atomic E-state index is 12.1. The Bertz CT molecular complexity index is 536. The number of rotatable bonds is 4. The first-order valence-electron chi connectivity index (χ1n) is 6.97. The maximum absolute atomic E-state index is 12.1. The highest BCUT2D eigenvalue weighted by atomic mass is 16.2. The SMILES string of the molecule is Cc1cccn(CC(=O)NC(C)(C)CC(C)(C)C)c1=O. The van der Waals surface area contributed by atoms with Crippen molar-refractivity contribution in [3.63, 3.8) is 0 Å². The summed E-state index contributed by atoms with van der Waals surface area (Å²) in [5.41, 5.74) is 0.380. The van der Waals surface area contributed by atoms with Crippen LogP contribution in [0.5, 0.6) is 0 Å². The van der Waals surface area contributed by atoms with Crippen molar-refractivity contribution in [2.75, 3.05) is 0 Å². The smallest absolute Gasteiger partial charge is 0.253 e. The number of nitrogens with zero attached hydrogens (tertiary/aromatic N) is 1. The van der Waals surface area contributed by atoms with Crippen LogP contribution in [0.4, 0.5) is 0 Å². The molecule has 0 aliphatic rings. The molecule has 1 rings (SSSR count). The van der Waals surface area contributed by atoms with E-state index in [9.17, 15) is 9.59 Å². The van der Waals surface area contributed by atoms with Crippen LogP contribution in [-0.4, -0.2) is 16.0 Å². The normalized spacial score (nSPS) is 12.3. The molecule has 4 nitrogen and oxygen atoms in total. The standard InChI is InChI=1S/C16H26N2O2/c1-12-8-7-9-18(14(12)20)10-13(19)17-16(5,6)11-15(2,3)4/h7-9H,10-11H2,1-6H3,(H,17,19). The number of carbonyl (C=O) groups excluding carboxylic acids is 1. The van der Waals surface area contributed by atoms with Crippen LogP contribution in [-0.2, 0) is 11.3 Å². The van der Waals surface area contributed by atoms with Crippen LogP contribution in [0.15, 0.2) is 23.1 Å². The molecule has 0 spiro atoms. The van der Waals surface area contributed by atoms with Gasteiger partial charge in [0.15, 0.2) is 0 Å². The van der Waals surface area contributed by atoms with Gasteiger partial charge >= 0.3 is 0 Å². The molecule has 1 aromatic heterocycles. The number of hydrogen-bond acceptors (Lipinski definition) is 2. The Morgan fingerprint density at radius 1 is 1.25 bits per heavy atom. The molecule has 0 saturated heterocycles. The summed E-state index contributed by atoms with van der Waals surface area (Å²) in [4.78, 5) is 24.0. The van der Waals surface area contributed by atoms with Crippen LogP contribution >= 0.6 is 0 Å². The average Bonchev–Trinajstić information content (AvgIpc) is 2.20. The first-order chi connectivity index (χ1) is 9.00. The number of pyridine rings is 1. The van der Waals surface area contributed by atoms with Gasteiger partial charge in [-0.25, -0.2) is 0 Å². The van der Waals surface area contributed by atoms with Crippen LogP contribution in [0.1, 0.15) is 46.6 Å². The highest BCUT2D eigenvalue weighted by Gasteiger charge is 2.26. The summed E-state index contributed by atoms with van der Waals surface area (Å²) in [6.07, 6.45) is 2.51. The molecule has 0 radical (unpaired) electrons. The number of nitrogens with one attached hydrogen (secondary N) is 1. The molecule has 0 aliphatic carbocycles. The van der Waals surface area contributed by atoms with Crippen molar-refractivity contribution in [2.45, 2.75) is 60.0 Å². The van der Waals surface area contributed by atoms with E-state index in [4.69, 9.17) is 0 Å². The molecule has 0 bridgehead atoms. The lowest BCUT2D eigenvalue weighted by molar-refractivity contribution is -0.123. The molecule has 4 heteroatoms. The van der Waals surface area contributed by atoms with E-state index in [0.29, 0.717) is 5.56 Å².